The molecule has 9 nitrogen and oxygen atoms in total. The number of thiazole rings is 1. The predicted octanol–water partition coefficient (Wildman–Crippen LogP) is 5.34. The summed E-state index contributed by atoms with van der Waals surface area (Å²) in [6.07, 6.45) is 4.89. The van der Waals surface area contributed by atoms with Crippen LogP contribution in [0.5, 0.6) is 0 Å². The van der Waals surface area contributed by atoms with E-state index in [1.165, 1.54) is 21.7 Å². The number of nitrogens with one attached hydrogen (secondary N) is 1. The Morgan fingerprint density at radius 1 is 0.881 bits per heavy atom. The number of aromatic nitrogens is 1. The number of hydrogen-bond acceptors (Lipinski definition) is 8. The van der Waals surface area contributed by atoms with Crippen LogP contribution >= 0.6 is 11.3 Å². The van der Waals surface area contributed by atoms with Gasteiger partial charge < -0.3 is 5.32 Å². The van der Waals surface area contributed by atoms with Gasteiger partial charge in [-0.05, 0) is 55.4 Å². The second-order valence-electron chi connectivity index (χ2n) is 11.5. The number of ketones is 1. The highest BCUT2D eigenvalue weighted by atomic mass is 32.2. The van der Waals surface area contributed by atoms with Crippen molar-refractivity contribution in [2.24, 2.45) is 11.8 Å². The Hall–Kier alpha value is -2.64. The van der Waals surface area contributed by atoms with Gasteiger partial charge in [-0.15, -0.1) is 11.3 Å². The predicted molar refractivity (Wildman–Crippen MR) is 166 cm³/mol. The van der Waals surface area contributed by atoms with Crippen LogP contribution in [0.4, 0.5) is 5.13 Å². The van der Waals surface area contributed by atoms with Gasteiger partial charge in [0.1, 0.15) is 0 Å². The molecule has 0 radical (unpaired) electrons. The van der Waals surface area contributed by atoms with E-state index in [4.69, 9.17) is 0 Å². The van der Waals surface area contributed by atoms with E-state index in [2.05, 4.69) is 24.1 Å². The summed E-state index contributed by atoms with van der Waals surface area (Å²) in [6, 6.07) is 13.0. The van der Waals surface area contributed by atoms with Gasteiger partial charge >= 0.3 is 0 Å². The van der Waals surface area contributed by atoms with Gasteiger partial charge in [0.25, 0.3) is 0 Å². The van der Waals surface area contributed by atoms with Crippen molar-refractivity contribution in [3.8, 4) is 11.3 Å². The molecule has 3 aromatic rings. The summed E-state index contributed by atoms with van der Waals surface area (Å²) >= 11 is 1.34. The number of rotatable bonds is 9. The van der Waals surface area contributed by atoms with Crippen molar-refractivity contribution in [1.29, 1.82) is 0 Å². The van der Waals surface area contributed by atoms with Crippen LogP contribution in [0.25, 0.3) is 11.3 Å². The van der Waals surface area contributed by atoms with E-state index in [0.717, 1.165) is 37.7 Å². The zero-order chi connectivity index (χ0) is 29.9. The van der Waals surface area contributed by atoms with Crippen LogP contribution in [-0.4, -0.2) is 68.9 Å². The highest BCUT2D eigenvalue weighted by molar-refractivity contribution is 7.89. The van der Waals surface area contributed by atoms with Crippen LogP contribution < -0.4 is 5.32 Å². The summed E-state index contributed by atoms with van der Waals surface area (Å²) in [5.41, 5.74) is 1.77. The molecule has 2 saturated heterocycles. The quantitative estimate of drug-likeness (QED) is 0.318. The number of sulfonamides is 2. The van der Waals surface area contributed by atoms with E-state index in [0.29, 0.717) is 42.6 Å². The molecule has 2 aliphatic rings. The van der Waals surface area contributed by atoms with Gasteiger partial charge in [-0.25, -0.2) is 21.8 Å². The van der Waals surface area contributed by atoms with Gasteiger partial charge in [-0.1, -0.05) is 51.0 Å². The third-order valence-corrected chi connectivity index (χ3v) is 12.4. The normalized spacial score (nSPS) is 21.1. The van der Waals surface area contributed by atoms with E-state index >= 15 is 0 Å². The maximum absolute atomic E-state index is 13.3. The van der Waals surface area contributed by atoms with Gasteiger partial charge in [0, 0.05) is 42.7 Å². The number of Topliss-reactive ketones (excluding diaryl/α,β-unsaturated/α-hetero) is 1. The minimum atomic E-state index is -3.69. The lowest BCUT2D eigenvalue weighted by Gasteiger charge is -2.34. The molecule has 3 heterocycles. The number of anilines is 1. The van der Waals surface area contributed by atoms with Crippen LogP contribution in [0.15, 0.2) is 63.7 Å². The van der Waals surface area contributed by atoms with E-state index in [-0.39, 0.29) is 34.0 Å². The Balaban J connectivity index is 1.22. The molecule has 1 N–H and O–H groups in total. The van der Waals surface area contributed by atoms with Gasteiger partial charge in [0.05, 0.1) is 22.0 Å². The topological polar surface area (TPSA) is 117 Å². The molecule has 42 heavy (non-hydrogen) atoms. The average molecular weight is 631 g/mol. The molecular weight excluding hydrogens is 593 g/mol. The van der Waals surface area contributed by atoms with Crippen molar-refractivity contribution < 1.29 is 21.6 Å². The fourth-order valence-electron chi connectivity index (χ4n) is 5.76. The molecule has 0 amide bonds. The van der Waals surface area contributed by atoms with Gasteiger partial charge in [0.15, 0.2) is 10.9 Å². The molecule has 1 aromatic heterocycles. The summed E-state index contributed by atoms with van der Waals surface area (Å²) < 4.78 is 55.8. The number of carbonyl (C=O) groups is 1. The third-order valence-electron chi connectivity index (χ3n) is 7.89. The largest absolute Gasteiger partial charge is 0.354 e. The van der Waals surface area contributed by atoms with Gasteiger partial charge in [-0.3, -0.25) is 4.79 Å². The summed E-state index contributed by atoms with van der Waals surface area (Å²) in [5.74, 6) is 0.332. The molecule has 2 unspecified atom stereocenters. The molecule has 2 fully saturated rings. The number of benzene rings is 2. The number of nitrogens with zero attached hydrogens (tertiary/aromatic N) is 3. The zero-order valence-corrected chi connectivity index (χ0v) is 26.5. The van der Waals surface area contributed by atoms with E-state index in [9.17, 15) is 21.6 Å². The average Bonchev–Trinajstić information content (AvgIpc) is 3.27. The van der Waals surface area contributed by atoms with Crippen LogP contribution in [-0.2, 0) is 20.0 Å². The first kappa shape index (κ1) is 30.8. The second-order valence-corrected chi connectivity index (χ2v) is 16.2. The first-order valence-electron chi connectivity index (χ1n) is 14.5. The first-order valence-corrected chi connectivity index (χ1v) is 18.2. The van der Waals surface area contributed by atoms with Crippen molar-refractivity contribution in [1.82, 2.24) is 13.6 Å². The summed E-state index contributed by atoms with van der Waals surface area (Å²) in [4.78, 5) is 18.0. The van der Waals surface area contributed by atoms with Crippen molar-refractivity contribution in [2.75, 3.05) is 38.0 Å². The standard InChI is InChI=1S/C30H38N4O5S3/c1-22-16-23(2)20-34(19-22)42(38,39)27-9-7-8-25(17-27)29(35)18-31-30-32-28(21-40-30)24-10-12-26(13-11-24)41(36,37)33-14-5-3-4-6-15-33/h7-13,17,21-23H,3-6,14-16,18-20H2,1-2H3,(H,31,32). The van der Waals surface area contributed by atoms with Gasteiger partial charge in [-0.2, -0.15) is 8.61 Å². The molecule has 2 aliphatic heterocycles. The lowest BCUT2D eigenvalue weighted by atomic mass is 9.94. The lowest BCUT2D eigenvalue weighted by molar-refractivity contribution is 0.101. The Morgan fingerprint density at radius 3 is 2.19 bits per heavy atom. The summed E-state index contributed by atoms with van der Waals surface area (Å²) in [5, 5.41) is 5.43. The summed E-state index contributed by atoms with van der Waals surface area (Å²) in [7, 11) is -7.21. The van der Waals surface area contributed by atoms with Crippen molar-refractivity contribution in [3.05, 3.63) is 59.5 Å². The molecule has 0 spiro atoms. The molecule has 0 bridgehead atoms. The van der Waals surface area contributed by atoms with E-state index < -0.39 is 20.0 Å². The molecular formula is C30H38N4O5S3. The maximum Gasteiger partial charge on any atom is 0.243 e. The summed E-state index contributed by atoms with van der Waals surface area (Å²) in [6.45, 7) is 6.16. The maximum atomic E-state index is 13.3. The molecule has 12 heteroatoms. The van der Waals surface area contributed by atoms with E-state index in [1.54, 1.807) is 46.8 Å². The molecule has 2 atom stereocenters. The Morgan fingerprint density at radius 2 is 1.52 bits per heavy atom. The zero-order valence-electron chi connectivity index (χ0n) is 24.0. The lowest BCUT2D eigenvalue weighted by Crippen LogP contribution is -2.42. The molecule has 0 saturated carbocycles. The Kier molecular flexibility index (Phi) is 9.48. The van der Waals surface area contributed by atoms with Crippen molar-refractivity contribution >= 4 is 42.3 Å². The van der Waals surface area contributed by atoms with Crippen LogP contribution in [0, 0.1) is 11.8 Å². The second kappa shape index (κ2) is 12.9. The fraction of sp³-hybridized carbons (Fsp3) is 0.467. The number of piperidine rings is 1. The molecule has 5 rings (SSSR count). The third kappa shape index (κ3) is 6.94. The first-order chi connectivity index (χ1) is 20.0. The Labute approximate surface area is 253 Å². The van der Waals surface area contributed by atoms with Crippen LogP contribution in [0.2, 0.25) is 0 Å². The molecule has 226 valence electrons. The minimum absolute atomic E-state index is 0.0404. The molecule has 0 aliphatic carbocycles. The Bertz CT molecular complexity index is 1600. The minimum Gasteiger partial charge on any atom is -0.354 e. The molecule has 2 aromatic carbocycles. The van der Waals surface area contributed by atoms with Crippen LogP contribution in [0.1, 0.15) is 56.3 Å². The SMILES string of the molecule is CC1CC(C)CN(S(=O)(=O)c2cccc(C(=O)CNc3nc(-c4ccc(S(=O)(=O)N5CCCCCC5)cc4)cs3)c2)C1. The monoisotopic (exact) mass is 630 g/mol. The van der Waals surface area contributed by atoms with Crippen LogP contribution in [0.3, 0.4) is 0 Å². The van der Waals surface area contributed by atoms with Crippen molar-refractivity contribution in [3.63, 3.8) is 0 Å². The van der Waals surface area contributed by atoms with Gasteiger partial charge in [0.2, 0.25) is 20.0 Å². The fourth-order valence-corrected chi connectivity index (χ4v) is 9.72. The highest BCUT2D eigenvalue weighted by Gasteiger charge is 2.32. The smallest absolute Gasteiger partial charge is 0.243 e. The highest BCUT2D eigenvalue weighted by Crippen LogP contribution is 2.29. The number of hydrogen-bond donors (Lipinski definition) is 1. The van der Waals surface area contributed by atoms with E-state index in [1.807, 2.05) is 5.38 Å². The number of carbonyl (C=O) groups excluding carboxylic acids is 1. The van der Waals surface area contributed by atoms with Crippen molar-refractivity contribution in [2.45, 2.75) is 55.7 Å².